The van der Waals surface area contributed by atoms with Gasteiger partial charge in [-0.05, 0) is 18.2 Å². The fraction of sp³-hybridized carbons (Fsp3) is 0.200. The largest absolute Gasteiger partial charge is 0.376 e. The molecule has 6 N–H and O–H groups in total. The Morgan fingerprint density at radius 1 is 1.24 bits per heavy atom. The number of hydrogen-bond acceptors (Lipinski definition) is 2. The highest BCUT2D eigenvalue weighted by atomic mass is 79.9. The van der Waals surface area contributed by atoms with Crippen LogP contribution >= 0.6 is 15.9 Å². The number of anilines is 1. The first-order chi connectivity index (χ1) is 7.90. The highest BCUT2D eigenvalue weighted by Crippen LogP contribution is 2.30. The Bertz CT molecular complexity index is 462. The van der Waals surface area contributed by atoms with E-state index in [2.05, 4.69) is 25.9 Å². The van der Waals surface area contributed by atoms with Gasteiger partial charge >= 0.3 is 0 Å². The molecule has 6 nitrogen and oxygen atoms in total. The number of nitrogens with two attached hydrogens (primary N) is 3. The summed E-state index contributed by atoms with van der Waals surface area (Å²) >= 11 is 3.37. The van der Waals surface area contributed by atoms with E-state index in [1.165, 1.54) is 0 Å². The van der Waals surface area contributed by atoms with Gasteiger partial charge in [-0.15, -0.1) is 0 Å². The molecule has 0 bridgehead atoms. The van der Waals surface area contributed by atoms with Crippen molar-refractivity contribution in [1.82, 2.24) is 0 Å². The van der Waals surface area contributed by atoms with Crippen molar-refractivity contribution in [2.75, 3.05) is 19.0 Å². The Morgan fingerprint density at radius 2 is 1.88 bits per heavy atom. The van der Waals surface area contributed by atoms with Gasteiger partial charge in [-0.2, -0.15) is 4.99 Å². The normalized spacial score (nSPS) is 11.1. The van der Waals surface area contributed by atoms with Crippen LogP contribution in [0.5, 0.6) is 0 Å². The molecular formula is C10H15BrN6. The fourth-order valence-corrected chi connectivity index (χ4v) is 1.59. The molecule has 17 heavy (non-hydrogen) atoms. The molecule has 7 heteroatoms. The Labute approximate surface area is 108 Å². The van der Waals surface area contributed by atoms with Crippen LogP contribution in [-0.2, 0) is 0 Å². The highest BCUT2D eigenvalue weighted by molar-refractivity contribution is 9.10. The Hall–Kier alpha value is -1.76. The molecule has 0 radical (unpaired) electrons. The average Bonchev–Trinajstić information content (AvgIpc) is 2.15. The zero-order chi connectivity index (χ0) is 13.0. The van der Waals surface area contributed by atoms with E-state index in [9.17, 15) is 0 Å². The number of benzene rings is 1. The molecule has 1 aromatic carbocycles. The summed E-state index contributed by atoms with van der Waals surface area (Å²) in [6.07, 6.45) is 0. The lowest BCUT2D eigenvalue weighted by atomic mass is 10.2. The van der Waals surface area contributed by atoms with Gasteiger partial charge in [0.1, 0.15) is 0 Å². The maximum absolute atomic E-state index is 5.59. The van der Waals surface area contributed by atoms with Crippen molar-refractivity contribution in [3.8, 4) is 0 Å². The fourth-order valence-electron chi connectivity index (χ4n) is 1.24. The number of aliphatic imine (C=N–C) groups is 2. The molecule has 0 atom stereocenters. The first-order valence-electron chi connectivity index (χ1n) is 4.81. The molecule has 0 aromatic heterocycles. The lowest BCUT2D eigenvalue weighted by Gasteiger charge is -2.15. The highest BCUT2D eigenvalue weighted by Gasteiger charge is 2.05. The Morgan fingerprint density at radius 3 is 2.41 bits per heavy atom. The summed E-state index contributed by atoms with van der Waals surface area (Å²) in [5.41, 5.74) is 17.6. The monoisotopic (exact) mass is 298 g/mol. The number of guanidine groups is 2. The van der Waals surface area contributed by atoms with Crippen molar-refractivity contribution in [2.45, 2.75) is 0 Å². The van der Waals surface area contributed by atoms with E-state index >= 15 is 0 Å². The molecule has 0 unspecified atom stereocenters. The van der Waals surface area contributed by atoms with Gasteiger partial charge in [-0.1, -0.05) is 15.9 Å². The summed E-state index contributed by atoms with van der Waals surface area (Å²) in [5, 5.41) is 0. The number of halogens is 1. The Kier molecular flexibility index (Phi) is 4.33. The van der Waals surface area contributed by atoms with Gasteiger partial charge in [0.25, 0.3) is 0 Å². The topological polar surface area (TPSA) is 106 Å². The zero-order valence-electron chi connectivity index (χ0n) is 9.68. The van der Waals surface area contributed by atoms with Crippen LogP contribution < -0.4 is 22.1 Å². The third-order valence-electron chi connectivity index (χ3n) is 1.90. The van der Waals surface area contributed by atoms with Crippen molar-refractivity contribution in [3.05, 3.63) is 22.7 Å². The number of nitrogens with zero attached hydrogens (tertiary/aromatic N) is 3. The molecule has 0 spiro atoms. The second-order valence-electron chi connectivity index (χ2n) is 3.53. The van der Waals surface area contributed by atoms with E-state index in [1.54, 1.807) is 0 Å². The Balaban J connectivity index is 3.20. The SMILES string of the molecule is CN(C)c1ccc(Br)cc1N=C(N)N=C(N)N. The predicted molar refractivity (Wildman–Crippen MR) is 75.6 cm³/mol. The van der Waals surface area contributed by atoms with Crippen LogP contribution in [0.25, 0.3) is 0 Å². The van der Waals surface area contributed by atoms with E-state index < -0.39 is 0 Å². The maximum atomic E-state index is 5.59. The van der Waals surface area contributed by atoms with Gasteiger partial charge in [-0.3, -0.25) is 0 Å². The van der Waals surface area contributed by atoms with E-state index in [-0.39, 0.29) is 11.9 Å². The van der Waals surface area contributed by atoms with Crippen molar-refractivity contribution >= 4 is 39.2 Å². The van der Waals surface area contributed by atoms with Crippen molar-refractivity contribution in [2.24, 2.45) is 27.2 Å². The van der Waals surface area contributed by atoms with Crippen molar-refractivity contribution < 1.29 is 0 Å². The molecule has 1 rings (SSSR count). The zero-order valence-corrected chi connectivity index (χ0v) is 11.3. The minimum absolute atomic E-state index is 0.0196. The maximum Gasteiger partial charge on any atom is 0.223 e. The minimum Gasteiger partial charge on any atom is -0.376 e. The molecule has 0 aliphatic rings. The molecule has 0 saturated carbocycles. The van der Waals surface area contributed by atoms with Crippen LogP contribution in [0.15, 0.2) is 32.7 Å². The number of rotatable bonds is 2. The van der Waals surface area contributed by atoms with Gasteiger partial charge in [0.05, 0.1) is 11.4 Å². The van der Waals surface area contributed by atoms with E-state index in [0.29, 0.717) is 5.69 Å². The lowest BCUT2D eigenvalue weighted by molar-refractivity contribution is 1.13. The van der Waals surface area contributed by atoms with Gasteiger partial charge in [0.2, 0.25) is 5.96 Å². The van der Waals surface area contributed by atoms with Crippen LogP contribution in [0.3, 0.4) is 0 Å². The quantitative estimate of drug-likeness (QED) is 0.553. The van der Waals surface area contributed by atoms with Crippen LogP contribution in [0.1, 0.15) is 0 Å². The van der Waals surface area contributed by atoms with Crippen LogP contribution in [0, 0.1) is 0 Å². The molecule has 0 heterocycles. The van der Waals surface area contributed by atoms with E-state index in [1.807, 2.05) is 37.2 Å². The summed E-state index contributed by atoms with van der Waals surface area (Å²) in [4.78, 5) is 9.75. The molecule has 92 valence electrons. The van der Waals surface area contributed by atoms with Crippen molar-refractivity contribution in [1.29, 1.82) is 0 Å². The van der Waals surface area contributed by atoms with Gasteiger partial charge in [0, 0.05) is 18.6 Å². The smallest absolute Gasteiger partial charge is 0.223 e. The first-order valence-corrected chi connectivity index (χ1v) is 5.60. The standard InChI is InChI=1S/C10H15BrN6/c1-17(2)8-4-3-6(11)5-7(8)15-10(14)16-9(12)13/h3-5H,1-2H3,(H6,12,13,14,15,16). The summed E-state index contributed by atoms with van der Waals surface area (Å²) in [5.74, 6) is -0.0983. The van der Waals surface area contributed by atoms with Crippen molar-refractivity contribution in [3.63, 3.8) is 0 Å². The van der Waals surface area contributed by atoms with E-state index in [0.717, 1.165) is 10.2 Å². The summed E-state index contributed by atoms with van der Waals surface area (Å²) < 4.78 is 0.902. The average molecular weight is 299 g/mol. The molecule has 1 aromatic rings. The number of hydrogen-bond donors (Lipinski definition) is 3. The molecule has 0 aliphatic heterocycles. The van der Waals surface area contributed by atoms with Gasteiger partial charge < -0.3 is 22.1 Å². The first kappa shape index (κ1) is 13.3. The molecule has 0 aliphatic carbocycles. The van der Waals surface area contributed by atoms with Crippen LogP contribution in [-0.4, -0.2) is 26.0 Å². The third-order valence-corrected chi connectivity index (χ3v) is 2.39. The predicted octanol–water partition coefficient (Wildman–Crippen LogP) is 0.735. The summed E-state index contributed by atoms with van der Waals surface area (Å²) in [6.45, 7) is 0. The van der Waals surface area contributed by atoms with E-state index in [4.69, 9.17) is 17.2 Å². The summed E-state index contributed by atoms with van der Waals surface area (Å²) in [6, 6.07) is 5.68. The second kappa shape index (κ2) is 5.53. The van der Waals surface area contributed by atoms with Crippen LogP contribution in [0.2, 0.25) is 0 Å². The van der Waals surface area contributed by atoms with Crippen LogP contribution in [0.4, 0.5) is 11.4 Å². The third kappa shape index (κ3) is 3.95. The second-order valence-corrected chi connectivity index (χ2v) is 4.45. The molecule has 0 saturated heterocycles. The van der Waals surface area contributed by atoms with Gasteiger partial charge in [-0.25, -0.2) is 4.99 Å². The van der Waals surface area contributed by atoms with Gasteiger partial charge in [0.15, 0.2) is 5.96 Å². The molecule has 0 amide bonds. The minimum atomic E-state index is -0.118. The molecule has 0 fully saturated rings. The molecular weight excluding hydrogens is 284 g/mol. The summed E-state index contributed by atoms with van der Waals surface area (Å²) in [7, 11) is 3.83. The lowest BCUT2D eigenvalue weighted by Crippen LogP contribution is -2.26.